The predicted molar refractivity (Wildman–Crippen MR) is 43.2 cm³/mol. The van der Waals surface area contributed by atoms with Gasteiger partial charge in [0, 0.05) is 0 Å². The van der Waals surface area contributed by atoms with Crippen molar-refractivity contribution in [2.45, 2.75) is 18.8 Å². The highest BCUT2D eigenvalue weighted by Gasteiger charge is 2.52. The van der Waals surface area contributed by atoms with Gasteiger partial charge in [0.15, 0.2) is 0 Å². The first-order valence-corrected chi connectivity index (χ1v) is 4.04. The van der Waals surface area contributed by atoms with E-state index in [1.165, 1.54) is 12.1 Å². The van der Waals surface area contributed by atoms with Gasteiger partial charge in [-0.05, 0) is 19.1 Å². The van der Waals surface area contributed by atoms with Gasteiger partial charge in [-0.2, -0.15) is 13.2 Å². The number of halogens is 3. The van der Waals surface area contributed by atoms with Crippen molar-refractivity contribution in [3.05, 3.63) is 35.0 Å². The molecule has 0 amide bonds. The molecule has 5 heteroatoms. The predicted octanol–water partition coefficient (Wildman–Crippen LogP) is 1.22. The van der Waals surface area contributed by atoms with Crippen LogP contribution in [0.4, 0.5) is 13.2 Å². The molecular weight excluding hydrogens is 193 g/mol. The molecule has 0 saturated carbocycles. The van der Waals surface area contributed by atoms with E-state index in [4.69, 9.17) is 0 Å². The van der Waals surface area contributed by atoms with Crippen LogP contribution in [0, 0.1) is 0 Å². The summed E-state index contributed by atoms with van der Waals surface area (Å²) in [6.07, 6.45) is -4.44. The summed E-state index contributed by atoms with van der Waals surface area (Å²) in [4.78, 5) is 7.13. The van der Waals surface area contributed by atoms with E-state index in [-0.39, 0.29) is 0 Å². The first-order valence-electron chi connectivity index (χ1n) is 4.04. The minimum absolute atomic E-state index is 0.298. The number of alkyl halides is 3. The molecule has 1 heterocycles. The number of benzene rings is 1. The molecule has 0 spiro atoms. The molecule has 0 saturated heterocycles. The molecule has 2 nitrogen and oxygen atoms in total. The molecule has 0 radical (unpaired) electrons. The molecule has 0 atom stereocenters. The average molecular weight is 200 g/mol. The van der Waals surface area contributed by atoms with Crippen LogP contribution in [-0.4, -0.2) is 11.8 Å². The zero-order chi connectivity index (χ0) is 10.4. The Labute approximate surface area is 77.8 Å². The van der Waals surface area contributed by atoms with Crippen molar-refractivity contribution in [1.29, 1.82) is 0 Å². The van der Waals surface area contributed by atoms with Crippen LogP contribution < -0.4 is 10.7 Å². The van der Waals surface area contributed by atoms with E-state index in [0.717, 1.165) is 6.92 Å². The molecule has 0 unspecified atom stereocenters. The van der Waals surface area contributed by atoms with Crippen LogP contribution in [0.2, 0.25) is 0 Å². The Morgan fingerprint density at radius 1 is 1.07 bits per heavy atom. The Hall–Kier alpha value is -1.39. The first kappa shape index (κ1) is 9.18. The molecule has 0 bridgehead atoms. The van der Waals surface area contributed by atoms with E-state index >= 15 is 0 Å². The highest BCUT2D eigenvalue weighted by Crippen LogP contribution is 2.34. The molecule has 0 aromatic heterocycles. The van der Waals surface area contributed by atoms with Gasteiger partial charge in [-0.25, -0.2) is 9.98 Å². The molecule has 1 aromatic carbocycles. The SMILES string of the molecule is CC1(C(F)(F)F)N=c2ccccc2=N1. The zero-order valence-electron chi connectivity index (χ0n) is 7.34. The summed E-state index contributed by atoms with van der Waals surface area (Å²) in [5, 5.41) is 0.597. The highest BCUT2D eigenvalue weighted by molar-refractivity contribution is 5.08. The summed E-state index contributed by atoms with van der Waals surface area (Å²) in [5.74, 6) is 0. The van der Waals surface area contributed by atoms with E-state index in [1.54, 1.807) is 12.1 Å². The van der Waals surface area contributed by atoms with E-state index in [0.29, 0.717) is 10.7 Å². The summed E-state index contributed by atoms with van der Waals surface area (Å²) in [6, 6.07) is 6.32. The Morgan fingerprint density at radius 3 is 1.86 bits per heavy atom. The van der Waals surface area contributed by atoms with Crippen LogP contribution in [0.15, 0.2) is 34.3 Å². The normalized spacial score (nSPS) is 18.3. The quantitative estimate of drug-likeness (QED) is 0.601. The van der Waals surface area contributed by atoms with E-state index in [2.05, 4.69) is 9.98 Å². The third-order valence-corrected chi connectivity index (χ3v) is 2.10. The molecular formula is C9H7F3N2. The summed E-state index contributed by atoms with van der Waals surface area (Å²) in [7, 11) is 0. The fourth-order valence-corrected chi connectivity index (χ4v) is 1.27. The zero-order valence-corrected chi connectivity index (χ0v) is 7.34. The van der Waals surface area contributed by atoms with Crippen LogP contribution in [0.1, 0.15) is 6.92 Å². The van der Waals surface area contributed by atoms with Gasteiger partial charge in [-0.1, -0.05) is 12.1 Å². The van der Waals surface area contributed by atoms with Crippen LogP contribution in [-0.2, 0) is 0 Å². The van der Waals surface area contributed by atoms with Crippen LogP contribution in [0.25, 0.3) is 0 Å². The number of fused-ring (bicyclic) bond motifs is 1. The third-order valence-electron chi connectivity index (χ3n) is 2.10. The van der Waals surface area contributed by atoms with Crippen molar-refractivity contribution in [1.82, 2.24) is 0 Å². The maximum atomic E-state index is 12.5. The smallest absolute Gasteiger partial charge is 0.244 e. The van der Waals surface area contributed by atoms with Crippen LogP contribution in [0.5, 0.6) is 0 Å². The number of hydrogen-bond donors (Lipinski definition) is 0. The topological polar surface area (TPSA) is 24.7 Å². The van der Waals surface area contributed by atoms with Gasteiger partial charge in [0.25, 0.3) is 0 Å². The maximum absolute atomic E-state index is 12.5. The number of para-hydroxylation sites is 2. The number of nitrogens with zero attached hydrogens (tertiary/aromatic N) is 2. The van der Waals surface area contributed by atoms with Gasteiger partial charge < -0.3 is 0 Å². The summed E-state index contributed by atoms with van der Waals surface area (Å²) in [6.45, 7) is 0.965. The van der Waals surface area contributed by atoms with Gasteiger partial charge in [-0.15, -0.1) is 0 Å². The first-order chi connectivity index (χ1) is 6.42. The molecule has 1 aliphatic heterocycles. The van der Waals surface area contributed by atoms with Gasteiger partial charge >= 0.3 is 6.18 Å². The second kappa shape index (κ2) is 2.56. The van der Waals surface area contributed by atoms with E-state index in [1.807, 2.05) is 0 Å². The third kappa shape index (κ3) is 1.20. The van der Waals surface area contributed by atoms with E-state index < -0.39 is 11.8 Å². The second-order valence-electron chi connectivity index (χ2n) is 3.23. The van der Waals surface area contributed by atoms with Crippen molar-refractivity contribution in [2.75, 3.05) is 0 Å². The lowest BCUT2D eigenvalue weighted by Crippen LogP contribution is -2.37. The Balaban J connectivity index is 2.65. The lowest BCUT2D eigenvalue weighted by atomic mass is 10.2. The molecule has 74 valence electrons. The Bertz CT molecular complexity index is 441. The number of rotatable bonds is 0. The second-order valence-corrected chi connectivity index (χ2v) is 3.23. The molecule has 1 aromatic rings. The molecule has 0 aliphatic carbocycles. The summed E-state index contributed by atoms with van der Waals surface area (Å²) < 4.78 is 37.6. The lowest BCUT2D eigenvalue weighted by molar-refractivity contribution is -0.177. The molecule has 0 N–H and O–H groups in total. The van der Waals surface area contributed by atoms with Crippen molar-refractivity contribution < 1.29 is 13.2 Å². The van der Waals surface area contributed by atoms with Crippen LogP contribution in [0.3, 0.4) is 0 Å². The van der Waals surface area contributed by atoms with Gasteiger partial charge in [-0.3, -0.25) is 0 Å². The summed E-state index contributed by atoms with van der Waals surface area (Å²) in [5.41, 5.74) is -2.31. The van der Waals surface area contributed by atoms with Gasteiger partial charge in [0.1, 0.15) is 0 Å². The van der Waals surface area contributed by atoms with Crippen molar-refractivity contribution in [3.63, 3.8) is 0 Å². The molecule has 14 heavy (non-hydrogen) atoms. The van der Waals surface area contributed by atoms with Crippen molar-refractivity contribution >= 4 is 0 Å². The molecule has 0 fully saturated rings. The molecule has 1 aliphatic rings. The highest BCUT2D eigenvalue weighted by atomic mass is 19.4. The molecule has 2 rings (SSSR count). The largest absolute Gasteiger partial charge is 0.433 e. The lowest BCUT2D eigenvalue weighted by Gasteiger charge is -2.20. The Kier molecular flexibility index (Phi) is 1.68. The van der Waals surface area contributed by atoms with Crippen LogP contribution >= 0.6 is 0 Å². The monoisotopic (exact) mass is 200 g/mol. The van der Waals surface area contributed by atoms with Crippen molar-refractivity contribution in [3.8, 4) is 0 Å². The van der Waals surface area contributed by atoms with Crippen molar-refractivity contribution in [2.24, 2.45) is 9.98 Å². The number of hydrogen-bond acceptors (Lipinski definition) is 2. The fourth-order valence-electron chi connectivity index (χ4n) is 1.27. The minimum atomic E-state index is -4.44. The fraction of sp³-hybridized carbons (Fsp3) is 0.333. The van der Waals surface area contributed by atoms with Gasteiger partial charge in [0.05, 0.1) is 10.7 Å². The van der Waals surface area contributed by atoms with E-state index in [9.17, 15) is 13.2 Å². The Morgan fingerprint density at radius 2 is 1.50 bits per heavy atom. The average Bonchev–Trinajstić information content (AvgIpc) is 2.40. The maximum Gasteiger partial charge on any atom is 0.433 e. The summed E-state index contributed by atoms with van der Waals surface area (Å²) >= 11 is 0. The van der Waals surface area contributed by atoms with Gasteiger partial charge in [0.2, 0.25) is 5.66 Å². The standard InChI is InChI=1S/C9H7F3N2/c1-8(9(10,11)12)13-6-4-2-3-5-7(6)14-8/h2-5H,1H3. The minimum Gasteiger partial charge on any atom is -0.244 e.